The van der Waals surface area contributed by atoms with Crippen molar-refractivity contribution in [3.8, 4) is 0 Å². The van der Waals surface area contributed by atoms with Crippen LogP contribution in [0.15, 0.2) is 24.3 Å². The van der Waals surface area contributed by atoms with Crippen molar-refractivity contribution in [1.82, 2.24) is 5.32 Å². The van der Waals surface area contributed by atoms with Gasteiger partial charge in [-0.1, -0.05) is 12.1 Å². The number of likely N-dealkylation sites (N-methyl/N-ethyl adjacent to an activating group) is 1. The van der Waals surface area contributed by atoms with E-state index in [4.69, 9.17) is 0 Å². The quantitative estimate of drug-likeness (QED) is 0.884. The lowest BCUT2D eigenvalue weighted by atomic mass is 9.82. The van der Waals surface area contributed by atoms with Crippen LogP contribution < -0.4 is 5.32 Å². The van der Waals surface area contributed by atoms with Crippen molar-refractivity contribution in [3.63, 3.8) is 0 Å². The number of nitrogens with one attached hydrogen (secondary N) is 1. The van der Waals surface area contributed by atoms with E-state index in [2.05, 4.69) is 17.1 Å². The van der Waals surface area contributed by atoms with Crippen LogP contribution >= 0.6 is 11.8 Å². The van der Waals surface area contributed by atoms with Crippen molar-refractivity contribution in [3.05, 3.63) is 35.6 Å². The predicted molar refractivity (Wildman–Crippen MR) is 73.1 cm³/mol. The highest BCUT2D eigenvalue weighted by atomic mass is 32.2. The van der Waals surface area contributed by atoms with Crippen LogP contribution in [0.2, 0.25) is 0 Å². The van der Waals surface area contributed by atoms with Crippen LogP contribution in [0, 0.1) is 11.7 Å². The number of thioether (sulfide) groups is 1. The van der Waals surface area contributed by atoms with Crippen LogP contribution in [0.3, 0.4) is 0 Å². The molecule has 1 fully saturated rings. The molecule has 0 aliphatic carbocycles. The Morgan fingerprint density at radius 1 is 1.29 bits per heavy atom. The molecule has 1 N–H and O–H groups in total. The molecule has 0 aromatic heterocycles. The molecule has 94 valence electrons. The van der Waals surface area contributed by atoms with Crippen LogP contribution in [0.5, 0.6) is 0 Å². The normalized spacial score (nSPS) is 19.2. The van der Waals surface area contributed by atoms with E-state index in [9.17, 15) is 4.39 Å². The Balaban J connectivity index is 2.12. The van der Waals surface area contributed by atoms with Crippen LogP contribution in [-0.2, 0) is 0 Å². The number of hydrogen-bond acceptors (Lipinski definition) is 2. The van der Waals surface area contributed by atoms with E-state index in [1.807, 2.05) is 19.2 Å². The van der Waals surface area contributed by atoms with Gasteiger partial charge >= 0.3 is 0 Å². The molecule has 2 rings (SSSR count). The molecule has 1 heterocycles. The molecule has 0 bridgehead atoms. The largest absolute Gasteiger partial charge is 0.319 e. The molecular formula is C14H20FNS. The molecule has 0 spiro atoms. The Hall–Kier alpha value is -0.540. The zero-order valence-electron chi connectivity index (χ0n) is 10.3. The van der Waals surface area contributed by atoms with Crippen LogP contribution in [-0.4, -0.2) is 25.1 Å². The van der Waals surface area contributed by atoms with Crippen molar-refractivity contribution < 1.29 is 4.39 Å². The van der Waals surface area contributed by atoms with Crippen molar-refractivity contribution in [2.24, 2.45) is 5.92 Å². The molecule has 0 saturated carbocycles. The fourth-order valence-corrected chi connectivity index (χ4v) is 3.75. The maximum atomic E-state index is 13.0. The van der Waals surface area contributed by atoms with Gasteiger partial charge in [0.25, 0.3) is 0 Å². The van der Waals surface area contributed by atoms with E-state index >= 15 is 0 Å². The topological polar surface area (TPSA) is 12.0 Å². The molecule has 1 aliphatic rings. The minimum atomic E-state index is -0.142. The maximum absolute atomic E-state index is 13.0. The first-order valence-electron chi connectivity index (χ1n) is 6.29. The van der Waals surface area contributed by atoms with Gasteiger partial charge in [0.05, 0.1) is 0 Å². The van der Waals surface area contributed by atoms with E-state index in [1.165, 1.54) is 29.9 Å². The molecule has 1 atom stereocenters. The smallest absolute Gasteiger partial charge is 0.123 e. The van der Waals surface area contributed by atoms with Crippen molar-refractivity contribution in [1.29, 1.82) is 0 Å². The van der Waals surface area contributed by atoms with Gasteiger partial charge in [0.2, 0.25) is 0 Å². The molecule has 1 aliphatic heterocycles. The summed E-state index contributed by atoms with van der Waals surface area (Å²) in [6.45, 7) is 0.987. The highest BCUT2D eigenvalue weighted by Gasteiger charge is 2.24. The van der Waals surface area contributed by atoms with Crippen molar-refractivity contribution >= 4 is 11.8 Å². The Bertz CT molecular complexity index is 333. The summed E-state index contributed by atoms with van der Waals surface area (Å²) in [5.74, 6) is 3.67. The van der Waals surface area contributed by atoms with Gasteiger partial charge < -0.3 is 5.32 Å². The van der Waals surface area contributed by atoms with Gasteiger partial charge in [-0.25, -0.2) is 4.39 Å². The second-order valence-electron chi connectivity index (χ2n) is 4.67. The fraction of sp³-hybridized carbons (Fsp3) is 0.571. The number of halogens is 1. The summed E-state index contributed by atoms with van der Waals surface area (Å²) < 4.78 is 13.0. The Morgan fingerprint density at radius 3 is 2.53 bits per heavy atom. The van der Waals surface area contributed by atoms with Gasteiger partial charge in [-0.2, -0.15) is 11.8 Å². The van der Waals surface area contributed by atoms with E-state index in [0.29, 0.717) is 5.92 Å². The third-order valence-electron chi connectivity index (χ3n) is 3.56. The summed E-state index contributed by atoms with van der Waals surface area (Å²) in [4.78, 5) is 0. The standard InChI is InChI=1S/C14H20FNS/c1-16-10-14(12-6-8-17-9-7-12)11-2-4-13(15)5-3-11/h2-5,12,14,16H,6-10H2,1H3. The lowest BCUT2D eigenvalue weighted by Crippen LogP contribution is -2.26. The summed E-state index contributed by atoms with van der Waals surface area (Å²) in [6.07, 6.45) is 2.57. The summed E-state index contributed by atoms with van der Waals surface area (Å²) in [7, 11) is 1.99. The SMILES string of the molecule is CNCC(c1ccc(F)cc1)C1CCSCC1. The van der Waals surface area contributed by atoms with E-state index in [-0.39, 0.29) is 5.82 Å². The lowest BCUT2D eigenvalue weighted by Gasteiger charge is -2.30. The summed E-state index contributed by atoms with van der Waals surface area (Å²) >= 11 is 2.05. The molecule has 1 saturated heterocycles. The van der Waals surface area contributed by atoms with E-state index in [0.717, 1.165) is 12.5 Å². The predicted octanol–water partition coefficient (Wildman–Crippen LogP) is 3.27. The number of hydrogen-bond donors (Lipinski definition) is 1. The summed E-state index contributed by atoms with van der Waals surface area (Å²) in [5.41, 5.74) is 1.28. The van der Waals surface area contributed by atoms with E-state index in [1.54, 1.807) is 12.1 Å². The van der Waals surface area contributed by atoms with Crippen LogP contribution in [0.4, 0.5) is 4.39 Å². The summed E-state index contributed by atoms with van der Waals surface area (Å²) in [5, 5.41) is 3.28. The Labute approximate surface area is 107 Å². The maximum Gasteiger partial charge on any atom is 0.123 e. The molecule has 1 aromatic carbocycles. The van der Waals surface area contributed by atoms with Crippen molar-refractivity contribution in [2.45, 2.75) is 18.8 Å². The minimum absolute atomic E-state index is 0.142. The fourth-order valence-electron chi connectivity index (χ4n) is 2.60. The molecule has 0 radical (unpaired) electrons. The molecule has 17 heavy (non-hydrogen) atoms. The van der Waals surface area contributed by atoms with Gasteiger partial charge in [0.1, 0.15) is 5.82 Å². The highest BCUT2D eigenvalue weighted by Crippen LogP contribution is 2.34. The third-order valence-corrected chi connectivity index (χ3v) is 4.61. The lowest BCUT2D eigenvalue weighted by molar-refractivity contribution is 0.385. The van der Waals surface area contributed by atoms with E-state index < -0.39 is 0 Å². The second-order valence-corrected chi connectivity index (χ2v) is 5.89. The first-order valence-corrected chi connectivity index (χ1v) is 7.44. The second kappa shape index (κ2) is 6.41. The van der Waals surface area contributed by atoms with Gasteiger partial charge in [-0.15, -0.1) is 0 Å². The zero-order chi connectivity index (χ0) is 12.1. The zero-order valence-corrected chi connectivity index (χ0v) is 11.1. The molecule has 1 nitrogen and oxygen atoms in total. The number of rotatable bonds is 4. The minimum Gasteiger partial charge on any atom is -0.319 e. The third kappa shape index (κ3) is 3.46. The van der Waals surface area contributed by atoms with Gasteiger partial charge in [0.15, 0.2) is 0 Å². The molecular weight excluding hydrogens is 233 g/mol. The molecule has 0 amide bonds. The molecule has 3 heteroatoms. The molecule has 1 unspecified atom stereocenters. The van der Waals surface area contributed by atoms with Gasteiger partial charge in [-0.05, 0) is 60.9 Å². The number of benzene rings is 1. The van der Waals surface area contributed by atoms with Gasteiger partial charge in [-0.3, -0.25) is 0 Å². The van der Waals surface area contributed by atoms with Gasteiger partial charge in [0, 0.05) is 6.54 Å². The van der Waals surface area contributed by atoms with Crippen LogP contribution in [0.1, 0.15) is 24.3 Å². The highest BCUT2D eigenvalue weighted by molar-refractivity contribution is 7.99. The monoisotopic (exact) mass is 253 g/mol. The Morgan fingerprint density at radius 2 is 1.94 bits per heavy atom. The first-order chi connectivity index (χ1) is 8.31. The average molecular weight is 253 g/mol. The van der Waals surface area contributed by atoms with Crippen molar-refractivity contribution in [2.75, 3.05) is 25.1 Å². The molecule has 1 aromatic rings. The average Bonchev–Trinajstić information content (AvgIpc) is 2.38. The van der Waals surface area contributed by atoms with Crippen LogP contribution in [0.25, 0.3) is 0 Å². The Kier molecular flexibility index (Phi) is 4.86. The first kappa shape index (κ1) is 12.9. The summed E-state index contributed by atoms with van der Waals surface area (Å²) in [6, 6.07) is 7.04.